The lowest BCUT2D eigenvalue weighted by molar-refractivity contribution is -0.386. The van der Waals surface area contributed by atoms with E-state index in [0.29, 0.717) is 11.1 Å². The van der Waals surface area contributed by atoms with Gasteiger partial charge < -0.3 is 10.1 Å². The van der Waals surface area contributed by atoms with Gasteiger partial charge in [-0.1, -0.05) is 32.4 Å². The molecule has 0 spiro atoms. The van der Waals surface area contributed by atoms with Crippen LogP contribution in [0.4, 0.5) is 5.69 Å². The zero-order chi connectivity index (χ0) is 15.6. The molecule has 1 aromatic rings. The second-order valence-corrected chi connectivity index (χ2v) is 6.48. The largest absolute Gasteiger partial charge is 0.483 e. The highest BCUT2D eigenvalue weighted by Crippen LogP contribution is 2.44. The maximum Gasteiger partial charge on any atom is 0.311 e. The predicted molar refractivity (Wildman–Crippen MR) is 83.0 cm³/mol. The molecule has 1 fully saturated rings. The van der Waals surface area contributed by atoms with Crippen molar-refractivity contribution in [1.29, 1.82) is 0 Å². The second-order valence-electron chi connectivity index (χ2n) is 6.04. The number of benzene rings is 1. The molecule has 0 aliphatic heterocycles. The Morgan fingerprint density at radius 1 is 1.52 bits per heavy atom. The number of nitro groups is 1. The average Bonchev–Trinajstić information content (AvgIpc) is 2.41. The van der Waals surface area contributed by atoms with Crippen LogP contribution in [0.15, 0.2) is 18.2 Å². The first-order chi connectivity index (χ1) is 9.86. The van der Waals surface area contributed by atoms with E-state index in [1.165, 1.54) is 18.2 Å². The lowest BCUT2D eigenvalue weighted by Crippen LogP contribution is -2.62. The van der Waals surface area contributed by atoms with Crippen LogP contribution in [0.1, 0.15) is 33.6 Å². The monoisotopic (exact) mass is 312 g/mol. The number of nitrogens with one attached hydrogen (secondary N) is 1. The van der Waals surface area contributed by atoms with E-state index >= 15 is 0 Å². The van der Waals surface area contributed by atoms with Gasteiger partial charge in [-0.25, -0.2) is 0 Å². The summed E-state index contributed by atoms with van der Waals surface area (Å²) in [5.41, 5.74) is -0.106. The van der Waals surface area contributed by atoms with E-state index in [0.717, 1.165) is 19.4 Å². The Balaban J connectivity index is 2.10. The van der Waals surface area contributed by atoms with Crippen LogP contribution in [0.5, 0.6) is 5.75 Å². The summed E-state index contributed by atoms with van der Waals surface area (Å²) in [5, 5.41) is 15.0. The molecule has 0 heterocycles. The number of nitrogens with zero attached hydrogens (tertiary/aromatic N) is 1. The number of hydrogen-bond donors (Lipinski definition) is 1. The minimum Gasteiger partial charge on any atom is -0.483 e. The molecule has 1 N–H and O–H groups in total. The van der Waals surface area contributed by atoms with E-state index in [9.17, 15) is 10.1 Å². The quantitative estimate of drug-likeness (QED) is 0.641. The van der Waals surface area contributed by atoms with Gasteiger partial charge >= 0.3 is 5.69 Å². The molecular formula is C15H21ClN2O3. The van der Waals surface area contributed by atoms with Gasteiger partial charge in [0.1, 0.15) is 6.10 Å². The zero-order valence-electron chi connectivity index (χ0n) is 12.6. The molecule has 1 aliphatic rings. The maximum atomic E-state index is 11.1. The molecule has 1 aliphatic carbocycles. The maximum absolute atomic E-state index is 11.1. The SMILES string of the molecule is CCCNC1CC(Oc2cc(Cl)ccc2[N+](=O)[O-])C1(C)C. The Morgan fingerprint density at radius 3 is 2.81 bits per heavy atom. The van der Waals surface area contributed by atoms with Gasteiger partial charge in [-0.05, 0) is 19.0 Å². The molecule has 21 heavy (non-hydrogen) atoms. The Morgan fingerprint density at radius 2 is 2.24 bits per heavy atom. The Bertz CT molecular complexity index is 534. The van der Waals surface area contributed by atoms with Crippen LogP contribution in [-0.2, 0) is 0 Å². The molecule has 2 rings (SSSR count). The number of halogens is 1. The average molecular weight is 313 g/mol. The first-order valence-corrected chi connectivity index (χ1v) is 7.58. The third-order valence-corrected chi connectivity index (χ3v) is 4.44. The van der Waals surface area contributed by atoms with Crippen LogP contribution < -0.4 is 10.1 Å². The van der Waals surface area contributed by atoms with Crippen LogP contribution in [0.25, 0.3) is 0 Å². The first-order valence-electron chi connectivity index (χ1n) is 7.20. The fourth-order valence-corrected chi connectivity index (χ4v) is 2.80. The van der Waals surface area contributed by atoms with Crippen LogP contribution in [0, 0.1) is 15.5 Å². The molecule has 0 aromatic heterocycles. The molecular weight excluding hydrogens is 292 g/mol. The van der Waals surface area contributed by atoms with Crippen LogP contribution in [0.3, 0.4) is 0 Å². The van der Waals surface area contributed by atoms with Crippen LogP contribution in [0.2, 0.25) is 5.02 Å². The highest BCUT2D eigenvalue weighted by molar-refractivity contribution is 6.30. The molecule has 116 valence electrons. The first kappa shape index (κ1) is 16.0. The number of ether oxygens (including phenoxy) is 1. The lowest BCUT2D eigenvalue weighted by Gasteiger charge is -2.51. The molecule has 6 heteroatoms. The predicted octanol–water partition coefficient (Wildman–Crippen LogP) is 3.79. The molecule has 2 unspecified atom stereocenters. The van der Waals surface area contributed by atoms with E-state index in [4.69, 9.17) is 16.3 Å². The second kappa shape index (κ2) is 6.20. The summed E-state index contributed by atoms with van der Waals surface area (Å²) in [6.45, 7) is 7.33. The van der Waals surface area contributed by atoms with Gasteiger partial charge in [-0.15, -0.1) is 0 Å². The number of nitro benzene ring substituents is 1. The molecule has 1 aromatic carbocycles. The van der Waals surface area contributed by atoms with Gasteiger partial charge in [0.05, 0.1) is 4.92 Å². The third-order valence-electron chi connectivity index (χ3n) is 4.21. The van der Waals surface area contributed by atoms with Gasteiger partial charge in [-0.2, -0.15) is 0 Å². The van der Waals surface area contributed by atoms with Gasteiger partial charge in [0.2, 0.25) is 0 Å². The van der Waals surface area contributed by atoms with Gasteiger partial charge in [0, 0.05) is 35.0 Å². The molecule has 1 saturated carbocycles. The number of rotatable bonds is 6. The Hall–Kier alpha value is -1.33. The number of hydrogen-bond acceptors (Lipinski definition) is 4. The summed E-state index contributed by atoms with van der Waals surface area (Å²) in [5.74, 6) is 0.250. The molecule has 2 atom stereocenters. The highest BCUT2D eigenvalue weighted by atomic mass is 35.5. The molecule has 0 amide bonds. The standard InChI is InChI=1S/C15H21ClN2O3/c1-4-7-17-13-9-14(15(13,2)3)21-12-8-10(16)5-6-11(12)18(19)20/h5-6,8,13-14,17H,4,7,9H2,1-3H3. The fourth-order valence-electron chi connectivity index (χ4n) is 2.64. The Labute approximate surface area is 129 Å². The summed E-state index contributed by atoms with van der Waals surface area (Å²) >= 11 is 5.92. The summed E-state index contributed by atoms with van der Waals surface area (Å²) in [6, 6.07) is 4.78. The van der Waals surface area contributed by atoms with Crippen molar-refractivity contribution >= 4 is 17.3 Å². The van der Waals surface area contributed by atoms with Crippen molar-refractivity contribution in [2.24, 2.45) is 5.41 Å². The highest BCUT2D eigenvalue weighted by Gasteiger charge is 2.50. The van der Waals surface area contributed by atoms with Gasteiger partial charge in [0.25, 0.3) is 0 Å². The van der Waals surface area contributed by atoms with Crippen molar-refractivity contribution in [3.05, 3.63) is 33.3 Å². The van der Waals surface area contributed by atoms with E-state index in [2.05, 4.69) is 26.1 Å². The third kappa shape index (κ3) is 3.30. The van der Waals surface area contributed by atoms with Crippen LogP contribution >= 0.6 is 11.6 Å². The van der Waals surface area contributed by atoms with E-state index in [1.54, 1.807) is 0 Å². The fraction of sp³-hybridized carbons (Fsp3) is 0.600. The molecule has 0 radical (unpaired) electrons. The normalized spacial score (nSPS) is 23.4. The van der Waals surface area contributed by atoms with Gasteiger partial charge in [-0.3, -0.25) is 10.1 Å². The molecule has 0 bridgehead atoms. The summed E-state index contributed by atoms with van der Waals surface area (Å²) < 4.78 is 5.88. The van der Waals surface area contributed by atoms with Crippen molar-refractivity contribution in [1.82, 2.24) is 5.32 Å². The zero-order valence-corrected chi connectivity index (χ0v) is 13.3. The summed E-state index contributed by atoms with van der Waals surface area (Å²) in [4.78, 5) is 10.6. The lowest BCUT2D eigenvalue weighted by atomic mass is 9.64. The van der Waals surface area contributed by atoms with Crippen molar-refractivity contribution in [3.8, 4) is 5.75 Å². The van der Waals surface area contributed by atoms with Crippen molar-refractivity contribution in [2.75, 3.05) is 6.54 Å². The minimum absolute atomic E-state index is 0.0415. The summed E-state index contributed by atoms with van der Waals surface area (Å²) in [6.07, 6.45) is 1.87. The minimum atomic E-state index is -0.440. The van der Waals surface area contributed by atoms with Gasteiger partial charge in [0.15, 0.2) is 5.75 Å². The topological polar surface area (TPSA) is 64.4 Å². The van der Waals surface area contributed by atoms with Crippen molar-refractivity contribution in [3.63, 3.8) is 0 Å². The smallest absolute Gasteiger partial charge is 0.311 e. The van der Waals surface area contributed by atoms with E-state index in [1.807, 2.05) is 0 Å². The van der Waals surface area contributed by atoms with Crippen molar-refractivity contribution in [2.45, 2.75) is 45.8 Å². The van der Waals surface area contributed by atoms with E-state index in [-0.39, 0.29) is 23.0 Å². The Kier molecular flexibility index (Phi) is 4.74. The van der Waals surface area contributed by atoms with E-state index < -0.39 is 4.92 Å². The van der Waals surface area contributed by atoms with Crippen molar-refractivity contribution < 1.29 is 9.66 Å². The summed E-state index contributed by atoms with van der Waals surface area (Å²) in [7, 11) is 0. The molecule has 5 nitrogen and oxygen atoms in total. The van der Waals surface area contributed by atoms with Crippen LogP contribution in [-0.4, -0.2) is 23.6 Å². The molecule has 0 saturated heterocycles.